The van der Waals surface area contributed by atoms with E-state index in [1.165, 1.54) is 25.7 Å². The molecule has 2 heterocycles. The maximum atomic E-state index is 9.46. The van der Waals surface area contributed by atoms with Crippen LogP contribution in [-0.2, 0) is 4.74 Å². The van der Waals surface area contributed by atoms with Crippen molar-refractivity contribution in [2.45, 2.75) is 50.2 Å². The highest BCUT2D eigenvalue weighted by Gasteiger charge is 2.40. The minimum Gasteiger partial charge on any atom is -0.380 e. The van der Waals surface area contributed by atoms with Crippen molar-refractivity contribution in [3.8, 4) is 6.07 Å². The van der Waals surface area contributed by atoms with Gasteiger partial charge in [0.25, 0.3) is 0 Å². The van der Waals surface area contributed by atoms with Crippen molar-refractivity contribution in [2.75, 3.05) is 11.9 Å². The van der Waals surface area contributed by atoms with Gasteiger partial charge >= 0.3 is 0 Å². The summed E-state index contributed by atoms with van der Waals surface area (Å²) in [5.41, 5.74) is 2.55. The number of nitrogens with one attached hydrogen (secondary N) is 1. The number of hydrogen-bond acceptors (Lipinski definition) is 4. The van der Waals surface area contributed by atoms with Gasteiger partial charge in [0, 0.05) is 24.2 Å². The normalized spacial score (nSPS) is 23.0. The SMILES string of the molecule is N#Cc1cnc2ccccc2c1NC1CCOC2(CCCC2)C1. The summed E-state index contributed by atoms with van der Waals surface area (Å²) in [6, 6.07) is 10.6. The van der Waals surface area contributed by atoms with Crippen LogP contribution >= 0.6 is 0 Å². The lowest BCUT2D eigenvalue weighted by molar-refractivity contribution is -0.0766. The van der Waals surface area contributed by atoms with Crippen LogP contribution in [0.15, 0.2) is 30.5 Å². The van der Waals surface area contributed by atoms with Crippen molar-refractivity contribution < 1.29 is 4.74 Å². The molecule has 0 amide bonds. The molecule has 1 spiro atoms. The van der Waals surface area contributed by atoms with E-state index in [2.05, 4.69) is 16.4 Å². The number of rotatable bonds is 2. The van der Waals surface area contributed by atoms with Crippen molar-refractivity contribution >= 4 is 16.6 Å². The molecule has 4 rings (SSSR count). The zero-order chi connectivity index (χ0) is 15.7. The zero-order valence-corrected chi connectivity index (χ0v) is 13.2. The Bertz CT molecular complexity index is 759. The van der Waals surface area contributed by atoms with Crippen LogP contribution in [-0.4, -0.2) is 23.2 Å². The second-order valence-electron chi connectivity index (χ2n) is 6.75. The first-order valence-corrected chi connectivity index (χ1v) is 8.48. The Labute approximate surface area is 136 Å². The number of aromatic nitrogens is 1. The first kappa shape index (κ1) is 14.5. The fourth-order valence-corrected chi connectivity index (χ4v) is 4.10. The summed E-state index contributed by atoms with van der Waals surface area (Å²) >= 11 is 0. The van der Waals surface area contributed by atoms with E-state index < -0.39 is 0 Å². The lowest BCUT2D eigenvalue weighted by Crippen LogP contribution is -2.42. The number of ether oxygens (including phenoxy) is 1. The molecule has 4 nitrogen and oxygen atoms in total. The van der Waals surface area contributed by atoms with Crippen LogP contribution < -0.4 is 5.32 Å². The Morgan fingerprint density at radius 2 is 2.09 bits per heavy atom. The van der Waals surface area contributed by atoms with Crippen LogP contribution in [0.3, 0.4) is 0 Å². The summed E-state index contributed by atoms with van der Waals surface area (Å²) in [4.78, 5) is 4.39. The molecule has 0 radical (unpaired) electrons. The third kappa shape index (κ3) is 2.66. The molecule has 1 atom stereocenters. The van der Waals surface area contributed by atoms with Gasteiger partial charge in [-0.1, -0.05) is 31.0 Å². The molecular formula is C19H21N3O. The van der Waals surface area contributed by atoms with Crippen molar-refractivity contribution in [1.29, 1.82) is 5.26 Å². The highest BCUT2D eigenvalue weighted by atomic mass is 16.5. The maximum Gasteiger partial charge on any atom is 0.103 e. The van der Waals surface area contributed by atoms with Gasteiger partial charge in [-0.25, -0.2) is 0 Å². The van der Waals surface area contributed by atoms with E-state index in [9.17, 15) is 5.26 Å². The van der Waals surface area contributed by atoms with E-state index in [1.54, 1.807) is 6.20 Å². The number of nitrogens with zero attached hydrogens (tertiary/aromatic N) is 2. The predicted molar refractivity (Wildman–Crippen MR) is 90.3 cm³/mol. The summed E-state index contributed by atoms with van der Waals surface area (Å²) < 4.78 is 6.12. The Kier molecular flexibility index (Phi) is 3.66. The van der Waals surface area contributed by atoms with Crippen molar-refractivity contribution in [2.24, 2.45) is 0 Å². The smallest absolute Gasteiger partial charge is 0.103 e. The highest BCUT2D eigenvalue weighted by Crippen LogP contribution is 2.41. The van der Waals surface area contributed by atoms with E-state index in [0.29, 0.717) is 11.6 Å². The van der Waals surface area contributed by atoms with Crippen molar-refractivity contribution in [3.05, 3.63) is 36.0 Å². The maximum absolute atomic E-state index is 9.46. The average molecular weight is 307 g/mol. The second kappa shape index (κ2) is 5.82. The van der Waals surface area contributed by atoms with Crippen LogP contribution in [0.4, 0.5) is 5.69 Å². The first-order chi connectivity index (χ1) is 11.3. The zero-order valence-electron chi connectivity index (χ0n) is 13.2. The Morgan fingerprint density at radius 3 is 2.91 bits per heavy atom. The first-order valence-electron chi connectivity index (χ1n) is 8.48. The number of fused-ring (bicyclic) bond motifs is 1. The summed E-state index contributed by atoms with van der Waals surface area (Å²) in [5.74, 6) is 0. The molecule has 1 aliphatic heterocycles. The number of pyridine rings is 1. The van der Waals surface area contributed by atoms with Gasteiger partial charge in [-0.2, -0.15) is 5.26 Å². The third-order valence-electron chi connectivity index (χ3n) is 5.25. The lowest BCUT2D eigenvalue weighted by Gasteiger charge is -2.39. The van der Waals surface area contributed by atoms with Gasteiger partial charge in [0.15, 0.2) is 0 Å². The quantitative estimate of drug-likeness (QED) is 0.910. The minimum absolute atomic E-state index is 0.0750. The van der Waals surface area contributed by atoms with E-state index in [4.69, 9.17) is 4.74 Å². The van der Waals surface area contributed by atoms with Crippen LogP contribution in [0.2, 0.25) is 0 Å². The standard InChI is InChI=1S/C19H21N3O/c20-12-14-13-21-17-6-2-1-5-16(17)18(14)22-15-7-10-23-19(11-15)8-3-4-9-19/h1-2,5-6,13,15H,3-4,7-11H2,(H,21,22). The summed E-state index contributed by atoms with van der Waals surface area (Å²) in [6.45, 7) is 0.808. The van der Waals surface area contributed by atoms with Crippen molar-refractivity contribution in [3.63, 3.8) is 0 Å². The number of anilines is 1. The van der Waals surface area contributed by atoms with Gasteiger partial charge in [-0.15, -0.1) is 0 Å². The molecule has 2 aromatic rings. The number of benzene rings is 1. The molecule has 1 unspecified atom stereocenters. The fraction of sp³-hybridized carbons (Fsp3) is 0.474. The lowest BCUT2D eigenvalue weighted by atomic mass is 9.88. The molecule has 0 bridgehead atoms. The van der Waals surface area contributed by atoms with Crippen molar-refractivity contribution in [1.82, 2.24) is 4.98 Å². The van der Waals surface area contributed by atoms with E-state index in [-0.39, 0.29) is 5.60 Å². The Morgan fingerprint density at radius 1 is 1.26 bits per heavy atom. The molecule has 1 aliphatic carbocycles. The number of para-hydroxylation sites is 1. The largest absolute Gasteiger partial charge is 0.380 e. The summed E-state index contributed by atoms with van der Waals surface area (Å²) in [5, 5.41) is 14.1. The molecule has 1 saturated carbocycles. The highest BCUT2D eigenvalue weighted by molar-refractivity contribution is 5.93. The van der Waals surface area contributed by atoms with Crippen LogP contribution in [0.25, 0.3) is 10.9 Å². The van der Waals surface area contributed by atoms with Gasteiger partial charge in [-0.05, 0) is 31.7 Å². The summed E-state index contributed by atoms with van der Waals surface area (Å²) in [6.07, 6.45) is 8.59. The molecule has 118 valence electrons. The molecule has 23 heavy (non-hydrogen) atoms. The van der Waals surface area contributed by atoms with Crippen LogP contribution in [0.5, 0.6) is 0 Å². The van der Waals surface area contributed by atoms with Crippen LogP contribution in [0, 0.1) is 11.3 Å². The van der Waals surface area contributed by atoms with Crippen LogP contribution in [0.1, 0.15) is 44.1 Å². The van der Waals surface area contributed by atoms with E-state index in [1.807, 2.05) is 24.3 Å². The molecule has 1 aromatic heterocycles. The molecule has 4 heteroatoms. The predicted octanol–water partition coefficient (Wildman–Crippen LogP) is 4.01. The van der Waals surface area contributed by atoms with Gasteiger partial charge in [-0.3, -0.25) is 4.98 Å². The topological polar surface area (TPSA) is 57.9 Å². The molecule has 1 aromatic carbocycles. The Balaban J connectivity index is 1.65. The molecule has 1 N–H and O–H groups in total. The monoisotopic (exact) mass is 307 g/mol. The van der Waals surface area contributed by atoms with Gasteiger partial charge in [0.05, 0.1) is 22.4 Å². The van der Waals surface area contributed by atoms with Gasteiger partial charge in [0.1, 0.15) is 6.07 Å². The fourth-order valence-electron chi connectivity index (χ4n) is 4.10. The number of nitriles is 1. The molecule has 2 aliphatic rings. The molecule has 2 fully saturated rings. The minimum atomic E-state index is 0.0750. The average Bonchev–Trinajstić information content (AvgIpc) is 3.03. The second-order valence-corrected chi connectivity index (χ2v) is 6.75. The third-order valence-corrected chi connectivity index (χ3v) is 5.25. The summed E-state index contributed by atoms with van der Waals surface area (Å²) in [7, 11) is 0. The van der Waals surface area contributed by atoms with E-state index >= 15 is 0 Å². The Hall–Kier alpha value is -2.12. The van der Waals surface area contributed by atoms with E-state index in [0.717, 1.165) is 36.0 Å². The molecular weight excluding hydrogens is 286 g/mol. The number of hydrogen-bond donors (Lipinski definition) is 1. The molecule has 1 saturated heterocycles. The van der Waals surface area contributed by atoms with Gasteiger partial charge in [0.2, 0.25) is 0 Å². The van der Waals surface area contributed by atoms with Gasteiger partial charge < -0.3 is 10.1 Å².